The molecule has 1 unspecified atom stereocenters. The Morgan fingerprint density at radius 2 is 2.19 bits per heavy atom. The van der Waals surface area contributed by atoms with Crippen molar-refractivity contribution in [2.24, 2.45) is 0 Å². The number of carboxylic acids is 1. The molecule has 0 radical (unpaired) electrons. The van der Waals surface area contributed by atoms with Gasteiger partial charge in [0.25, 0.3) is 0 Å². The molecule has 2 rings (SSSR count). The SMILES string of the molecule is O=C(CCC1CCCCN1)Nc1ccc(Br)cc1C(=O)O. The van der Waals surface area contributed by atoms with Crippen LogP contribution in [-0.2, 0) is 4.79 Å². The molecule has 1 atom stereocenters. The van der Waals surface area contributed by atoms with E-state index < -0.39 is 5.97 Å². The van der Waals surface area contributed by atoms with E-state index in [1.165, 1.54) is 18.9 Å². The Bertz CT molecular complexity index is 528. The highest BCUT2D eigenvalue weighted by atomic mass is 79.9. The van der Waals surface area contributed by atoms with E-state index in [1.807, 2.05) is 0 Å². The molecule has 1 aromatic carbocycles. The Morgan fingerprint density at radius 3 is 2.86 bits per heavy atom. The molecule has 3 N–H and O–H groups in total. The summed E-state index contributed by atoms with van der Waals surface area (Å²) in [6.45, 7) is 1.02. The van der Waals surface area contributed by atoms with E-state index in [-0.39, 0.29) is 11.5 Å². The fourth-order valence-electron chi connectivity index (χ4n) is 2.49. The quantitative estimate of drug-likeness (QED) is 0.759. The van der Waals surface area contributed by atoms with E-state index in [0.717, 1.165) is 19.4 Å². The Labute approximate surface area is 132 Å². The summed E-state index contributed by atoms with van der Waals surface area (Å²) in [4.78, 5) is 23.1. The van der Waals surface area contributed by atoms with Crippen molar-refractivity contribution in [2.75, 3.05) is 11.9 Å². The van der Waals surface area contributed by atoms with Crippen LogP contribution in [0.15, 0.2) is 22.7 Å². The molecule has 1 aliphatic rings. The van der Waals surface area contributed by atoms with Gasteiger partial charge in [-0.05, 0) is 44.0 Å². The van der Waals surface area contributed by atoms with Crippen molar-refractivity contribution >= 4 is 33.5 Å². The van der Waals surface area contributed by atoms with E-state index in [0.29, 0.717) is 22.6 Å². The molecule has 1 aromatic rings. The number of hydrogen-bond acceptors (Lipinski definition) is 3. The van der Waals surface area contributed by atoms with Crippen molar-refractivity contribution in [1.82, 2.24) is 5.32 Å². The molecular formula is C15H19BrN2O3. The van der Waals surface area contributed by atoms with Crippen molar-refractivity contribution in [1.29, 1.82) is 0 Å². The molecule has 6 heteroatoms. The Hall–Kier alpha value is -1.40. The number of carbonyl (C=O) groups is 2. The van der Waals surface area contributed by atoms with Crippen molar-refractivity contribution in [3.63, 3.8) is 0 Å². The van der Waals surface area contributed by atoms with Gasteiger partial charge in [-0.15, -0.1) is 0 Å². The zero-order valence-corrected chi connectivity index (χ0v) is 13.3. The summed E-state index contributed by atoms with van der Waals surface area (Å²) in [5.74, 6) is -1.20. The summed E-state index contributed by atoms with van der Waals surface area (Å²) in [5.41, 5.74) is 0.431. The summed E-state index contributed by atoms with van der Waals surface area (Å²) < 4.78 is 0.671. The van der Waals surface area contributed by atoms with Crippen LogP contribution in [0.5, 0.6) is 0 Å². The molecule has 0 saturated carbocycles. The predicted octanol–water partition coefficient (Wildman–Crippen LogP) is 3.01. The monoisotopic (exact) mass is 354 g/mol. The van der Waals surface area contributed by atoms with Crippen LogP contribution in [-0.4, -0.2) is 29.6 Å². The number of aromatic carboxylic acids is 1. The molecule has 0 bridgehead atoms. The van der Waals surface area contributed by atoms with Crippen LogP contribution < -0.4 is 10.6 Å². The molecule has 1 aliphatic heterocycles. The number of hydrogen-bond donors (Lipinski definition) is 3. The number of carboxylic acid groups (broad SMARTS) is 1. The van der Waals surface area contributed by atoms with Gasteiger partial charge in [-0.3, -0.25) is 4.79 Å². The Kier molecular flexibility index (Phi) is 5.76. The molecule has 1 amide bonds. The number of rotatable bonds is 5. The van der Waals surface area contributed by atoms with Gasteiger partial charge in [0.05, 0.1) is 11.3 Å². The first kappa shape index (κ1) is 16.0. The van der Waals surface area contributed by atoms with Crippen LogP contribution in [0.1, 0.15) is 42.5 Å². The number of anilines is 1. The van der Waals surface area contributed by atoms with Gasteiger partial charge in [-0.25, -0.2) is 4.79 Å². The number of halogens is 1. The van der Waals surface area contributed by atoms with Crippen LogP contribution in [0.25, 0.3) is 0 Å². The first-order valence-electron chi connectivity index (χ1n) is 7.12. The Morgan fingerprint density at radius 1 is 1.38 bits per heavy atom. The van der Waals surface area contributed by atoms with Gasteiger partial charge >= 0.3 is 5.97 Å². The molecule has 1 fully saturated rings. The zero-order chi connectivity index (χ0) is 15.2. The third-order valence-electron chi connectivity index (χ3n) is 3.62. The highest BCUT2D eigenvalue weighted by Gasteiger charge is 2.16. The lowest BCUT2D eigenvalue weighted by molar-refractivity contribution is -0.116. The van der Waals surface area contributed by atoms with Gasteiger partial charge in [-0.2, -0.15) is 0 Å². The fourth-order valence-corrected chi connectivity index (χ4v) is 2.85. The fraction of sp³-hybridized carbons (Fsp3) is 0.467. The van der Waals surface area contributed by atoms with Crippen LogP contribution in [0.3, 0.4) is 0 Å². The highest BCUT2D eigenvalue weighted by molar-refractivity contribution is 9.10. The van der Waals surface area contributed by atoms with Gasteiger partial charge in [0.15, 0.2) is 0 Å². The zero-order valence-electron chi connectivity index (χ0n) is 11.7. The number of amides is 1. The maximum atomic E-state index is 12.0. The first-order chi connectivity index (χ1) is 10.1. The van der Waals surface area contributed by atoms with E-state index >= 15 is 0 Å². The third-order valence-corrected chi connectivity index (χ3v) is 4.11. The lowest BCUT2D eigenvalue weighted by Gasteiger charge is -2.23. The van der Waals surface area contributed by atoms with E-state index in [2.05, 4.69) is 26.6 Å². The van der Waals surface area contributed by atoms with E-state index in [1.54, 1.807) is 12.1 Å². The van der Waals surface area contributed by atoms with E-state index in [4.69, 9.17) is 5.11 Å². The largest absolute Gasteiger partial charge is 0.478 e. The topological polar surface area (TPSA) is 78.4 Å². The van der Waals surface area contributed by atoms with Crippen molar-refractivity contribution in [3.05, 3.63) is 28.2 Å². The third kappa shape index (κ3) is 4.82. The van der Waals surface area contributed by atoms with Crippen LogP contribution in [0.4, 0.5) is 5.69 Å². The maximum Gasteiger partial charge on any atom is 0.337 e. The maximum absolute atomic E-state index is 12.0. The summed E-state index contributed by atoms with van der Waals surface area (Å²) >= 11 is 3.23. The number of benzene rings is 1. The number of piperidine rings is 1. The van der Waals surface area contributed by atoms with Crippen molar-refractivity contribution in [3.8, 4) is 0 Å². The van der Waals surface area contributed by atoms with Crippen molar-refractivity contribution in [2.45, 2.75) is 38.1 Å². The minimum absolute atomic E-state index is 0.0912. The summed E-state index contributed by atoms with van der Waals surface area (Å²) in [6.07, 6.45) is 4.68. The van der Waals surface area contributed by atoms with Gasteiger partial charge < -0.3 is 15.7 Å². The summed E-state index contributed by atoms with van der Waals surface area (Å²) in [7, 11) is 0. The summed E-state index contributed by atoms with van der Waals surface area (Å²) in [6, 6.07) is 5.20. The first-order valence-corrected chi connectivity index (χ1v) is 7.91. The molecule has 1 saturated heterocycles. The van der Waals surface area contributed by atoms with E-state index in [9.17, 15) is 9.59 Å². The lowest BCUT2D eigenvalue weighted by atomic mass is 10.0. The minimum atomic E-state index is -1.06. The molecule has 0 spiro atoms. The molecule has 21 heavy (non-hydrogen) atoms. The van der Waals surface area contributed by atoms with Crippen LogP contribution in [0, 0.1) is 0 Å². The molecule has 0 aromatic heterocycles. The smallest absolute Gasteiger partial charge is 0.337 e. The van der Waals surface area contributed by atoms with Crippen LogP contribution in [0.2, 0.25) is 0 Å². The number of carbonyl (C=O) groups excluding carboxylic acids is 1. The molecule has 114 valence electrons. The average Bonchev–Trinajstić information content (AvgIpc) is 2.48. The molecule has 1 heterocycles. The minimum Gasteiger partial charge on any atom is -0.478 e. The molecule has 5 nitrogen and oxygen atoms in total. The average molecular weight is 355 g/mol. The molecular weight excluding hydrogens is 336 g/mol. The summed E-state index contributed by atoms with van der Waals surface area (Å²) in [5, 5.41) is 15.2. The lowest BCUT2D eigenvalue weighted by Crippen LogP contribution is -2.34. The van der Waals surface area contributed by atoms with Gasteiger partial charge in [0.2, 0.25) is 5.91 Å². The second-order valence-corrected chi connectivity index (χ2v) is 6.14. The normalized spacial score (nSPS) is 18.2. The highest BCUT2D eigenvalue weighted by Crippen LogP contribution is 2.21. The van der Waals surface area contributed by atoms with Gasteiger partial charge in [0.1, 0.15) is 0 Å². The second-order valence-electron chi connectivity index (χ2n) is 5.23. The standard InChI is InChI=1S/C15H19BrN2O3/c16-10-4-6-13(12(9-10)15(20)21)18-14(19)7-5-11-3-1-2-8-17-11/h4,6,9,11,17H,1-3,5,7-8H2,(H,18,19)(H,20,21). The molecule has 0 aliphatic carbocycles. The predicted molar refractivity (Wildman–Crippen MR) is 84.6 cm³/mol. The second kappa shape index (κ2) is 7.56. The van der Waals surface area contributed by atoms with Crippen LogP contribution >= 0.6 is 15.9 Å². The van der Waals surface area contributed by atoms with Gasteiger partial charge in [0, 0.05) is 16.9 Å². The number of nitrogens with one attached hydrogen (secondary N) is 2. The van der Waals surface area contributed by atoms with Crippen molar-refractivity contribution < 1.29 is 14.7 Å². The van der Waals surface area contributed by atoms with Gasteiger partial charge in [-0.1, -0.05) is 22.4 Å². The Balaban J connectivity index is 1.91.